The maximum absolute atomic E-state index is 10.2. The van der Waals surface area contributed by atoms with Gasteiger partial charge in [0.2, 0.25) is 0 Å². The summed E-state index contributed by atoms with van der Waals surface area (Å²) in [7, 11) is 0. The van der Waals surface area contributed by atoms with Crippen molar-refractivity contribution in [3.05, 3.63) is 11.8 Å². The van der Waals surface area contributed by atoms with E-state index in [-0.39, 0.29) is 12.5 Å². The Balaban J connectivity index is 2.45. The SMILES string of the molecule is Cc1cc(OCC(=O)Cl)no1. The molecule has 0 saturated carbocycles. The third-order valence-corrected chi connectivity index (χ3v) is 1.05. The first-order valence-electron chi connectivity index (χ1n) is 2.93. The van der Waals surface area contributed by atoms with E-state index < -0.39 is 5.24 Å². The molecule has 0 atom stereocenters. The van der Waals surface area contributed by atoms with Gasteiger partial charge < -0.3 is 9.26 Å². The molecule has 1 aromatic heterocycles. The second kappa shape index (κ2) is 3.39. The van der Waals surface area contributed by atoms with Crippen molar-refractivity contribution in [3.63, 3.8) is 0 Å². The summed E-state index contributed by atoms with van der Waals surface area (Å²) < 4.78 is 9.47. The number of ether oxygens (including phenoxy) is 1. The summed E-state index contributed by atoms with van der Waals surface area (Å²) in [5, 5.41) is 2.92. The lowest BCUT2D eigenvalue weighted by Gasteiger charge is -1.93. The molecular weight excluding hydrogens is 170 g/mol. The van der Waals surface area contributed by atoms with E-state index in [1.54, 1.807) is 13.0 Å². The fraction of sp³-hybridized carbons (Fsp3) is 0.333. The van der Waals surface area contributed by atoms with Crippen LogP contribution in [0.3, 0.4) is 0 Å². The molecule has 5 heteroatoms. The molecule has 1 aromatic rings. The highest BCUT2D eigenvalue weighted by atomic mass is 35.5. The number of rotatable bonds is 3. The quantitative estimate of drug-likeness (QED) is 0.647. The van der Waals surface area contributed by atoms with Gasteiger partial charge in [0.05, 0.1) is 0 Å². The monoisotopic (exact) mass is 175 g/mol. The molecule has 60 valence electrons. The van der Waals surface area contributed by atoms with E-state index in [2.05, 4.69) is 9.68 Å². The van der Waals surface area contributed by atoms with Gasteiger partial charge in [0.1, 0.15) is 5.76 Å². The fourth-order valence-electron chi connectivity index (χ4n) is 0.542. The fourth-order valence-corrected chi connectivity index (χ4v) is 0.597. The predicted molar refractivity (Wildman–Crippen MR) is 37.6 cm³/mol. The van der Waals surface area contributed by atoms with Gasteiger partial charge in [-0.3, -0.25) is 4.79 Å². The van der Waals surface area contributed by atoms with E-state index in [1.807, 2.05) is 0 Å². The molecule has 0 radical (unpaired) electrons. The number of aryl methyl sites for hydroxylation is 1. The zero-order valence-electron chi connectivity index (χ0n) is 5.83. The maximum Gasteiger partial charge on any atom is 0.259 e. The minimum Gasteiger partial charge on any atom is -0.466 e. The molecule has 0 aliphatic carbocycles. The zero-order chi connectivity index (χ0) is 8.27. The first-order chi connectivity index (χ1) is 5.18. The van der Waals surface area contributed by atoms with Gasteiger partial charge in [0.25, 0.3) is 11.1 Å². The lowest BCUT2D eigenvalue weighted by molar-refractivity contribution is -0.113. The van der Waals surface area contributed by atoms with Crippen LogP contribution < -0.4 is 4.74 Å². The molecule has 0 bridgehead atoms. The summed E-state index contributed by atoms with van der Waals surface area (Å²) >= 11 is 5.01. The van der Waals surface area contributed by atoms with Crippen molar-refractivity contribution in [2.24, 2.45) is 0 Å². The highest BCUT2D eigenvalue weighted by Gasteiger charge is 2.02. The molecule has 0 fully saturated rings. The standard InChI is InChI=1S/C6H6ClNO3/c1-4-2-6(8-11-4)10-3-5(7)9/h2H,3H2,1H3. The molecule has 11 heavy (non-hydrogen) atoms. The van der Waals surface area contributed by atoms with Crippen molar-refractivity contribution in [1.82, 2.24) is 5.16 Å². The largest absolute Gasteiger partial charge is 0.466 e. The van der Waals surface area contributed by atoms with Crippen LogP contribution in [0.15, 0.2) is 10.6 Å². The molecule has 4 nitrogen and oxygen atoms in total. The molecule has 1 heterocycles. The zero-order valence-corrected chi connectivity index (χ0v) is 6.59. The Morgan fingerprint density at radius 1 is 1.91 bits per heavy atom. The van der Waals surface area contributed by atoms with E-state index in [0.717, 1.165) is 0 Å². The molecule has 0 saturated heterocycles. The smallest absolute Gasteiger partial charge is 0.259 e. The van der Waals surface area contributed by atoms with Gasteiger partial charge in [-0.2, -0.15) is 0 Å². The first-order valence-corrected chi connectivity index (χ1v) is 3.31. The van der Waals surface area contributed by atoms with Gasteiger partial charge in [0, 0.05) is 6.07 Å². The lowest BCUT2D eigenvalue weighted by atomic mass is 10.5. The van der Waals surface area contributed by atoms with E-state index >= 15 is 0 Å². The number of halogens is 1. The van der Waals surface area contributed by atoms with Crippen LogP contribution in [0.1, 0.15) is 5.76 Å². The number of hydrogen-bond donors (Lipinski definition) is 0. The molecule has 0 unspecified atom stereocenters. The van der Waals surface area contributed by atoms with Gasteiger partial charge in [-0.15, -0.1) is 0 Å². The summed E-state index contributed by atoms with van der Waals surface area (Å²) in [6, 6.07) is 1.57. The second-order valence-electron chi connectivity index (χ2n) is 1.92. The van der Waals surface area contributed by atoms with E-state index in [4.69, 9.17) is 16.3 Å². The molecule has 1 rings (SSSR count). The Morgan fingerprint density at radius 2 is 2.64 bits per heavy atom. The van der Waals surface area contributed by atoms with Gasteiger partial charge in [-0.1, -0.05) is 0 Å². The Hall–Kier alpha value is -1.03. The minimum atomic E-state index is -0.564. The summed E-state index contributed by atoms with van der Waals surface area (Å²) in [4.78, 5) is 10.2. The summed E-state index contributed by atoms with van der Waals surface area (Å²) in [5.41, 5.74) is 0. The Kier molecular flexibility index (Phi) is 2.48. The van der Waals surface area contributed by atoms with Gasteiger partial charge in [0.15, 0.2) is 6.61 Å². The van der Waals surface area contributed by atoms with Crippen LogP contribution in [0.25, 0.3) is 0 Å². The molecule has 0 N–H and O–H groups in total. The number of aromatic nitrogens is 1. The number of hydrogen-bond acceptors (Lipinski definition) is 4. The van der Waals surface area contributed by atoms with E-state index in [9.17, 15) is 4.79 Å². The Labute approximate surface area is 68.1 Å². The van der Waals surface area contributed by atoms with Crippen molar-refractivity contribution in [3.8, 4) is 5.88 Å². The minimum absolute atomic E-state index is 0.187. The third-order valence-electron chi connectivity index (χ3n) is 0.940. The van der Waals surface area contributed by atoms with E-state index in [1.165, 1.54) is 0 Å². The van der Waals surface area contributed by atoms with Crippen molar-refractivity contribution in [2.75, 3.05) is 6.61 Å². The van der Waals surface area contributed by atoms with Crippen molar-refractivity contribution < 1.29 is 14.1 Å². The van der Waals surface area contributed by atoms with Crippen LogP contribution in [0.4, 0.5) is 0 Å². The van der Waals surface area contributed by atoms with Gasteiger partial charge >= 0.3 is 0 Å². The molecule has 0 aliphatic rings. The number of carbonyl (C=O) groups excluding carboxylic acids is 1. The highest BCUT2D eigenvalue weighted by Crippen LogP contribution is 2.09. The average Bonchev–Trinajstić information content (AvgIpc) is 2.31. The molecule has 0 amide bonds. The normalized spacial score (nSPS) is 9.64. The van der Waals surface area contributed by atoms with Crippen LogP contribution in [-0.4, -0.2) is 17.0 Å². The average molecular weight is 176 g/mol. The van der Waals surface area contributed by atoms with Crippen molar-refractivity contribution in [2.45, 2.75) is 6.92 Å². The molecular formula is C6H6ClNO3. The number of carbonyl (C=O) groups is 1. The summed E-state index contributed by atoms with van der Waals surface area (Å²) in [6.45, 7) is 1.54. The van der Waals surface area contributed by atoms with Crippen molar-refractivity contribution >= 4 is 16.8 Å². The van der Waals surface area contributed by atoms with Crippen LogP contribution in [0.2, 0.25) is 0 Å². The number of nitrogens with zero attached hydrogens (tertiary/aromatic N) is 1. The molecule has 0 spiro atoms. The molecule has 0 aliphatic heterocycles. The Bertz CT molecular complexity index is 258. The van der Waals surface area contributed by atoms with Crippen LogP contribution in [0.5, 0.6) is 5.88 Å². The topological polar surface area (TPSA) is 52.3 Å². The second-order valence-corrected chi connectivity index (χ2v) is 2.34. The highest BCUT2D eigenvalue weighted by molar-refractivity contribution is 6.63. The van der Waals surface area contributed by atoms with Crippen molar-refractivity contribution in [1.29, 1.82) is 0 Å². The summed E-state index contributed by atoms with van der Waals surface area (Å²) in [6.07, 6.45) is 0. The maximum atomic E-state index is 10.2. The van der Waals surface area contributed by atoms with Crippen LogP contribution in [0, 0.1) is 6.92 Å². The predicted octanol–water partition coefficient (Wildman–Crippen LogP) is 1.13. The Morgan fingerprint density at radius 3 is 3.09 bits per heavy atom. The molecule has 0 aromatic carbocycles. The van der Waals surface area contributed by atoms with Gasteiger partial charge in [-0.25, -0.2) is 0 Å². The van der Waals surface area contributed by atoms with E-state index in [0.29, 0.717) is 5.76 Å². The summed E-state index contributed by atoms with van der Waals surface area (Å²) in [5.74, 6) is 0.901. The first kappa shape index (κ1) is 8.07. The van der Waals surface area contributed by atoms with Gasteiger partial charge in [-0.05, 0) is 23.7 Å². The third kappa shape index (κ3) is 2.59. The van der Waals surface area contributed by atoms with Crippen LogP contribution in [-0.2, 0) is 4.79 Å². The van der Waals surface area contributed by atoms with Crippen LogP contribution >= 0.6 is 11.6 Å². The lowest BCUT2D eigenvalue weighted by Crippen LogP contribution is -2.04.